The van der Waals surface area contributed by atoms with Crippen molar-refractivity contribution in [3.8, 4) is 0 Å². The van der Waals surface area contributed by atoms with Crippen LogP contribution in [0.25, 0.3) is 0 Å². The van der Waals surface area contributed by atoms with Crippen LogP contribution in [0.1, 0.15) is 39.5 Å². The fourth-order valence-corrected chi connectivity index (χ4v) is 2.44. The molecule has 0 bridgehead atoms. The fourth-order valence-electron chi connectivity index (χ4n) is 2.44. The summed E-state index contributed by atoms with van der Waals surface area (Å²) in [5.41, 5.74) is 0.386. The minimum atomic E-state index is -0.365. The lowest BCUT2D eigenvalue weighted by atomic mass is 9.96. The maximum absolute atomic E-state index is 11.9. The summed E-state index contributed by atoms with van der Waals surface area (Å²) >= 11 is 0. The molecule has 2 rings (SSSR count). The third kappa shape index (κ3) is 2.92. The number of β-amino-alcohol motifs (C(OH)–C–C–N with tert-alkyl or cyclic N) is 1. The molecule has 0 aromatic carbocycles. The van der Waals surface area contributed by atoms with Gasteiger partial charge >= 0.3 is 6.03 Å². The Kier molecular flexibility index (Phi) is 3.61. The quantitative estimate of drug-likeness (QED) is 0.787. The monoisotopic (exact) mass is 240 g/mol. The number of nitrogens with zero attached hydrogens (tertiary/aromatic N) is 1. The molecule has 1 heterocycles. The highest BCUT2D eigenvalue weighted by Gasteiger charge is 2.41. The zero-order valence-electron chi connectivity index (χ0n) is 10.9. The van der Waals surface area contributed by atoms with Gasteiger partial charge in [0.05, 0.1) is 6.10 Å². The summed E-state index contributed by atoms with van der Waals surface area (Å²) < 4.78 is 0. The first kappa shape index (κ1) is 12.7. The lowest BCUT2D eigenvalue weighted by Crippen LogP contribution is -2.50. The number of piperidine rings is 1. The van der Waals surface area contributed by atoms with Crippen molar-refractivity contribution in [2.45, 2.75) is 45.6 Å². The minimum Gasteiger partial charge on any atom is -0.391 e. The number of amides is 2. The van der Waals surface area contributed by atoms with Crippen molar-refractivity contribution >= 4 is 6.03 Å². The van der Waals surface area contributed by atoms with Gasteiger partial charge in [0.15, 0.2) is 0 Å². The van der Waals surface area contributed by atoms with E-state index >= 15 is 0 Å². The van der Waals surface area contributed by atoms with Crippen LogP contribution in [0.4, 0.5) is 4.79 Å². The normalized spacial score (nSPS) is 31.1. The van der Waals surface area contributed by atoms with Gasteiger partial charge < -0.3 is 15.3 Å². The summed E-state index contributed by atoms with van der Waals surface area (Å²) in [5, 5.41) is 12.8. The Hall–Kier alpha value is -0.770. The number of nitrogens with one attached hydrogen (secondary N) is 1. The first-order valence-electron chi connectivity index (χ1n) is 6.77. The molecule has 2 atom stereocenters. The molecule has 4 heteroatoms. The molecule has 1 saturated heterocycles. The van der Waals surface area contributed by atoms with Crippen LogP contribution < -0.4 is 5.32 Å². The number of urea groups is 1. The van der Waals surface area contributed by atoms with Gasteiger partial charge in [-0.25, -0.2) is 4.79 Å². The van der Waals surface area contributed by atoms with Gasteiger partial charge in [0.2, 0.25) is 0 Å². The molecule has 2 aliphatic rings. The van der Waals surface area contributed by atoms with Crippen LogP contribution in [0.3, 0.4) is 0 Å². The Morgan fingerprint density at radius 2 is 2.24 bits per heavy atom. The van der Waals surface area contributed by atoms with E-state index in [1.165, 1.54) is 12.8 Å². The van der Waals surface area contributed by atoms with E-state index < -0.39 is 0 Å². The molecule has 98 valence electrons. The van der Waals surface area contributed by atoms with Crippen molar-refractivity contribution in [3.05, 3.63) is 0 Å². The van der Waals surface area contributed by atoms with E-state index in [9.17, 15) is 9.90 Å². The molecule has 1 saturated carbocycles. The summed E-state index contributed by atoms with van der Waals surface area (Å²) in [4.78, 5) is 13.7. The molecule has 1 aliphatic carbocycles. The fraction of sp³-hybridized carbons (Fsp3) is 0.923. The number of rotatable bonds is 3. The second-order valence-electron chi connectivity index (χ2n) is 5.79. The Balaban J connectivity index is 1.76. The number of carbonyl (C=O) groups is 1. The van der Waals surface area contributed by atoms with Crippen molar-refractivity contribution in [2.24, 2.45) is 11.3 Å². The first-order chi connectivity index (χ1) is 8.06. The summed E-state index contributed by atoms with van der Waals surface area (Å²) in [6.45, 7) is 6.27. The zero-order chi connectivity index (χ0) is 12.5. The van der Waals surface area contributed by atoms with Crippen LogP contribution in [0.15, 0.2) is 0 Å². The standard InChI is InChI=1S/C13H24N2O2/c1-3-13(5-6-13)9-14-12(17)15-7-4-10(2)11(16)8-15/h10-11,16H,3-9H2,1-2H3,(H,14,17). The third-order valence-corrected chi connectivity index (χ3v) is 4.53. The Labute approximate surface area is 103 Å². The van der Waals surface area contributed by atoms with Crippen LogP contribution in [0, 0.1) is 11.3 Å². The summed E-state index contributed by atoms with van der Waals surface area (Å²) in [7, 11) is 0. The predicted octanol–water partition coefficient (Wildman–Crippen LogP) is 1.59. The number of aliphatic hydroxyl groups excluding tert-OH is 1. The Bertz CT molecular complexity index is 289. The number of hydrogen-bond donors (Lipinski definition) is 2. The van der Waals surface area contributed by atoms with Gasteiger partial charge in [0, 0.05) is 19.6 Å². The molecule has 0 aromatic rings. The second kappa shape index (κ2) is 4.84. The molecule has 17 heavy (non-hydrogen) atoms. The molecule has 2 fully saturated rings. The largest absolute Gasteiger partial charge is 0.391 e. The first-order valence-corrected chi connectivity index (χ1v) is 6.77. The van der Waals surface area contributed by atoms with Gasteiger partial charge in [-0.05, 0) is 37.0 Å². The van der Waals surface area contributed by atoms with Crippen molar-refractivity contribution in [1.29, 1.82) is 0 Å². The van der Waals surface area contributed by atoms with E-state index in [-0.39, 0.29) is 12.1 Å². The lowest BCUT2D eigenvalue weighted by Gasteiger charge is -2.34. The Morgan fingerprint density at radius 3 is 2.76 bits per heavy atom. The van der Waals surface area contributed by atoms with Crippen molar-refractivity contribution in [2.75, 3.05) is 19.6 Å². The van der Waals surface area contributed by atoms with Gasteiger partial charge in [-0.15, -0.1) is 0 Å². The molecular weight excluding hydrogens is 216 g/mol. The van der Waals surface area contributed by atoms with Crippen LogP contribution in [0.5, 0.6) is 0 Å². The van der Waals surface area contributed by atoms with Crippen LogP contribution in [-0.4, -0.2) is 41.8 Å². The lowest BCUT2D eigenvalue weighted by molar-refractivity contribution is 0.0433. The zero-order valence-corrected chi connectivity index (χ0v) is 10.9. The van der Waals surface area contributed by atoms with Gasteiger partial charge in [-0.1, -0.05) is 13.8 Å². The average Bonchev–Trinajstić information content (AvgIpc) is 3.10. The summed E-state index contributed by atoms with van der Waals surface area (Å²) in [6.07, 6.45) is 4.16. The van der Waals surface area contributed by atoms with E-state index in [0.717, 1.165) is 25.9 Å². The summed E-state index contributed by atoms with van der Waals surface area (Å²) in [5.74, 6) is 0.310. The molecule has 0 spiro atoms. The molecule has 0 aromatic heterocycles. The van der Waals surface area contributed by atoms with Crippen molar-refractivity contribution < 1.29 is 9.90 Å². The van der Waals surface area contributed by atoms with Crippen LogP contribution in [0.2, 0.25) is 0 Å². The second-order valence-corrected chi connectivity index (χ2v) is 5.79. The molecule has 2 unspecified atom stereocenters. The highest BCUT2D eigenvalue weighted by Crippen LogP contribution is 2.47. The summed E-state index contributed by atoms with van der Waals surface area (Å²) in [6, 6.07) is -0.00400. The van der Waals surface area contributed by atoms with Gasteiger partial charge in [0.1, 0.15) is 0 Å². The number of hydrogen-bond acceptors (Lipinski definition) is 2. The van der Waals surface area contributed by atoms with Crippen LogP contribution in [-0.2, 0) is 0 Å². The third-order valence-electron chi connectivity index (χ3n) is 4.53. The highest BCUT2D eigenvalue weighted by molar-refractivity contribution is 5.74. The molecule has 4 nitrogen and oxygen atoms in total. The average molecular weight is 240 g/mol. The topological polar surface area (TPSA) is 52.6 Å². The molecule has 0 radical (unpaired) electrons. The van der Waals surface area contributed by atoms with E-state index in [1.807, 2.05) is 6.92 Å². The maximum atomic E-state index is 11.9. The molecule has 1 aliphatic heterocycles. The predicted molar refractivity (Wildman–Crippen MR) is 66.7 cm³/mol. The van der Waals surface area contributed by atoms with E-state index in [4.69, 9.17) is 0 Å². The van der Waals surface area contributed by atoms with Gasteiger partial charge in [-0.3, -0.25) is 0 Å². The highest BCUT2D eigenvalue weighted by atomic mass is 16.3. The number of likely N-dealkylation sites (tertiary alicyclic amines) is 1. The molecule has 2 N–H and O–H groups in total. The van der Waals surface area contributed by atoms with Crippen LogP contribution >= 0.6 is 0 Å². The Morgan fingerprint density at radius 1 is 1.53 bits per heavy atom. The SMILES string of the molecule is CCC1(CNC(=O)N2CCC(C)C(O)C2)CC1. The van der Waals surface area contributed by atoms with Crippen molar-refractivity contribution in [1.82, 2.24) is 10.2 Å². The number of carbonyl (C=O) groups excluding carboxylic acids is 1. The van der Waals surface area contributed by atoms with E-state index in [2.05, 4.69) is 12.2 Å². The minimum absolute atomic E-state index is 0.00400. The smallest absolute Gasteiger partial charge is 0.317 e. The van der Waals surface area contributed by atoms with Gasteiger partial charge in [0.25, 0.3) is 0 Å². The van der Waals surface area contributed by atoms with Gasteiger partial charge in [-0.2, -0.15) is 0 Å². The van der Waals surface area contributed by atoms with E-state index in [1.54, 1.807) is 4.90 Å². The van der Waals surface area contributed by atoms with Crippen molar-refractivity contribution in [3.63, 3.8) is 0 Å². The molecule has 2 amide bonds. The molecular formula is C13H24N2O2. The number of aliphatic hydroxyl groups is 1. The van der Waals surface area contributed by atoms with E-state index in [0.29, 0.717) is 17.9 Å². The maximum Gasteiger partial charge on any atom is 0.317 e.